The van der Waals surface area contributed by atoms with Crippen LogP contribution in [0, 0.1) is 0 Å². The first kappa shape index (κ1) is 12.3. The average molecular weight is 230 g/mol. The first-order valence-electron chi connectivity index (χ1n) is 6.11. The molecule has 0 spiro atoms. The molecule has 2 rings (SSSR count). The molecule has 4 nitrogen and oxygen atoms in total. The summed E-state index contributed by atoms with van der Waals surface area (Å²) in [5, 5.41) is 19.5. The van der Waals surface area contributed by atoms with Crippen molar-refractivity contribution >= 4 is 0 Å². The molecule has 0 amide bonds. The topological polar surface area (TPSA) is 58.9 Å². The highest BCUT2D eigenvalue weighted by Gasteiger charge is 2.49. The van der Waals surface area contributed by atoms with Gasteiger partial charge >= 0.3 is 0 Å². The first-order chi connectivity index (χ1) is 7.50. The van der Waals surface area contributed by atoms with Crippen LogP contribution in [0.4, 0.5) is 0 Å². The van der Waals surface area contributed by atoms with Crippen LogP contribution in [0.15, 0.2) is 0 Å². The van der Waals surface area contributed by atoms with Crippen LogP contribution in [0.2, 0.25) is 0 Å². The van der Waals surface area contributed by atoms with Gasteiger partial charge in [-0.3, -0.25) is 0 Å². The monoisotopic (exact) mass is 230 g/mol. The molecule has 2 aliphatic heterocycles. The van der Waals surface area contributed by atoms with Crippen molar-refractivity contribution in [3.05, 3.63) is 0 Å². The predicted molar refractivity (Wildman–Crippen MR) is 59.2 cm³/mol. The van der Waals surface area contributed by atoms with E-state index in [1.807, 2.05) is 6.92 Å². The van der Waals surface area contributed by atoms with Gasteiger partial charge in [0.15, 0.2) is 0 Å². The van der Waals surface area contributed by atoms with Crippen LogP contribution in [0.1, 0.15) is 39.5 Å². The van der Waals surface area contributed by atoms with E-state index in [4.69, 9.17) is 9.47 Å². The lowest BCUT2D eigenvalue weighted by molar-refractivity contribution is -0.237. The van der Waals surface area contributed by atoms with Crippen LogP contribution in [0.25, 0.3) is 0 Å². The summed E-state index contributed by atoms with van der Waals surface area (Å²) in [6.45, 7) is 4.43. The van der Waals surface area contributed by atoms with Gasteiger partial charge in [-0.1, -0.05) is 0 Å². The second-order valence-electron chi connectivity index (χ2n) is 5.44. The highest BCUT2D eigenvalue weighted by Crippen LogP contribution is 2.40. The second-order valence-corrected chi connectivity index (χ2v) is 5.44. The summed E-state index contributed by atoms with van der Waals surface area (Å²) in [5.41, 5.74) is -1.22. The summed E-state index contributed by atoms with van der Waals surface area (Å²) < 4.78 is 11.8. The molecule has 0 aromatic carbocycles. The van der Waals surface area contributed by atoms with Crippen LogP contribution < -0.4 is 0 Å². The number of hydrogen-bond acceptors (Lipinski definition) is 4. The fourth-order valence-corrected chi connectivity index (χ4v) is 2.84. The molecule has 0 saturated carbocycles. The van der Waals surface area contributed by atoms with Gasteiger partial charge in [-0.25, -0.2) is 0 Å². The Bertz CT molecular complexity index is 257. The SMILES string of the molecule is C[C@]1(CO)O[C@@]2(C)CCCO[C@@H]2CC[C@@H]1O. The molecule has 0 aromatic heterocycles. The maximum absolute atomic E-state index is 10.0. The molecule has 2 saturated heterocycles. The molecule has 0 aromatic rings. The van der Waals surface area contributed by atoms with Crippen molar-refractivity contribution in [2.75, 3.05) is 13.2 Å². The normalized spacial score (nSPS) is 49.5. The number of hydrogen-bond donors (Lipinski definition) is 2. The number of aliphatic hydroxyl groups is 2. The summed E-state index contributed by atoms with van der Waals surface area (Å²) in [7, 11) is 0. The molecule has 0 unspecified atom stereocenters. The van der Waals surface area contributed by atoms with Crippen LogP contribution in [0.5, 0.6) is 0 Å². The average Bonchev–Trinajstić information content (AvgIpc) is 2.36. The molecular weight excluding hydrogens is 208 g/mol. The second kappa shape index (κ2) is 4.26. The summed E-state index contributed by atoms with van der Waals surface area (Å²) in [6, 6.07) is 0. The van der Waals surface area contributed by atoms with Gasteiger partial charge in [0.05, 0.1) is 24.4 Å². The number of rotatable bonds is 1. The molecule has 2 N–H and O–H groups in total. The van der Waals surface area contributed by atoms with Crippen LogP contribution >= 0.6 is 0 Å². The van der Waals surface area contributed by atoms with E-state index >= 15 is 0 Å². The molecular formula is C12H22O4. The quantitative estimate of drug-likeness (QED) is 0.701. The maximum atomic E-state index is 10.0. The van der Waals surface area contributed by atoms with Crippen molar-refractivity contribution < 1.29 is 19.7 Å². The third kappa shape index (κ3) is 1.99. The van der Waals surface area contributed by atoms with Gasteiger partial charge in [-0.15, -0.1) is 0 Å². The Kier molecular flexibility index (Phi) is 3.27. The zero-order valence-corrected chi connectivity index (χ0v) is 10.1. The predicted octanol–water partition coefficient (Wildman–Crippen LogP) is 0.846. The van der Waals surface area contributed by atoms with E-state index in [2.05, 4.69) is 0 Å². The fraction of sp³-hybridized carbons (Fsp3) is 1.00. The van der Waals surface area contributed by atoms with Crippen molar-refractivity contribution in [3.63, 3.8) is 0 Å². The first-order valence-corrected chi connectivity index (χ1v) is 6.11. The highest BCUT2D eigenvalue weighted by atomic mass is 16.6. The Morgan fingerprint density at radius 1 is 1.31 bits per heavy atom. The minimum Gasteiger partial charge on any atom is -0.393 e. The van der Waals surface area contributed by atoms with Crippen molar-refractivity contribution in [2.45, 2.75) is 62.9 Å². The van der Waals surface area contributed by atoms with E-state index in [0.717, 1.165) is 25.9 Å². The zero-order valence-electron chi connectivity index (χ0n) is 10.1. The third-order valence-electron chi connectivity index (χ3n) is 4.01. The standard InChI is InChI=1S/C12H22O4/c1-11-6-3-7-15-10(11)5-4-9(14)12(2,8-13)16-11/h9-10,13-14H,3-8H2,1-2H3/t9-,10+,11-,12+/m0/s1. The molecule has 0 radical (unpaired) electrons. The number of ether oxygens (including phenoxy) is 2. The van der Waals surface area contributed by atoms with E-state index in [9.17, 15) is 10.2 Å². The van der Waals surface area contributed by atoms with Gasteiger partial charge in [-0.05, 0) is 39.5 Å². The third-order valence-corrected chi connectivity index (χ3v) is 4.01. The van der Waals surface area contributed by atoms with Crippen LogP contribution in [-0.4, -0.2) is 46.8 Å². The molecule has 94 valence electrons. The lowest BCUT2D eigenvalue weighted by Gasteiger charge is -2.44. The van der Waals surface area contributed by atoms with Crippen molar-refractivity contribution in [3.8, 4) is 0 Å². The van der Waals surface area contributed by atoms with Gasteiger partial charge in [0.2, 0.25) is 0 Å². The highest BCUT2D eigenvalue weighted by molar-refractivity contribution is 4.98. The molecule has 0 aliphatic carbocycles. The number of fused-ring (bicyclic) bond motifs is 1. The summed E-state index contributed by atoms with van der Waals surface area (Å²) in [4.78, 5) is 0. The summed E-state index contributed by atoms with van der Waals surface area (Å²) in [6.07, 6.45) is 2.75. The summed E-state index contributed by atoms with van der Waals surface area (Å²) in [5.74, 6) is 0. The molecule has 16 heavy (non-hydrogen) atoms. The molecule has 4 atom stereocenters. The molecule has 2 fully saturated rings. The lowest BCUT2D eigenvalue weighted by Crippen LogP contribution is -2.54. The maximum Gasteiger partial charge on any atom is 0.115 e. The smallest absolute Gasteiger partial charge is 0.115 e. The Morgan fingerprint density at radius 2 is 2.06 bits per heavy atom. The molecule has 4 heteroatoms. The Balaban J connectivity index is 2.22. The van der Waals surface area contributed by atoms with E-state index in [1.165, 1.54) is 0 Å². The lowest BCUT2D eigenvalue weighted by atomic mass is 9.88. The molecule has 2 heterocycles. The Hall–Kier alpha value is -0.160. The minimum atomic E-state index is -0.857. The van der Waals surface area contributed by atoms with Crippen molar-refractivity contribution in [1.29, 1.82) is 0 Å². The van der Waals surface area contributed by atoms with E-state index in [-0.39, 0.29) is 18.3 Å². The number of aliphatic hydroxyl groups excluding tert-OH is 2. The van der Waals surface area contributed by atoms with E-state index in [0.29, 0.717) is 6.42 Å². The van der Waals surface area contributed by atoms with Gasteiger partial charge in [0.25, 0.3) is 0 Å². The zero-order chi connectivity index (χ0) is 11.8. The van der Waals surface area contributed by atoms with E-state index in [1.54, 1.807) is 6.92 Å². The molecule has 0 bridgehead atoms. The van der Waals surface area contributed by atoms with E-state index < -0.39 is 11.7 Å². The van der Waals surface area contributed by atoms with Crippen molar-refractivity contribution in [1.82, 2.24) is 0 Å². The minimum absolute atomic E-state index is 0.0456. The van der Waals surface area contributed by atoms with Gasteiger partial charge in [-0.2, -0.15) is 0 Å². The molecule has 2 aliphatic rings. The largest absolute Gasteiger partial charge is 0.393 e. The van der Waals surface area contributed by atoms with Gasteiger partial charge in [0.1, 0.15) is 5.60 Å². The van der Waals surface area contributed by atoms with Crippen molar-refractivity contribution in [2.24, 2.45) is 0 Å². The Morgan fingerprint density at radius 3 is 2.75 bits per heavy atom. The fourth-order valence-electron chi connectivity index (χ4n) is 2.84. The Labute approximate surface area is 96.6 Å². The summed E-state index contributed by atoms with van der Waals surface area (Å²) >= 11 is 0. The van der Waals surface area contributed by atoms with Gasteiger partial charge < -0.3 is 19.7 Å². The van der Waals surface area contributed by atoms with Crippen LogP contribution in [0.3, 0.4) is 0 Å². The van der Waals surface area contributed by atoms with Gasteiger partial charge in [0, 0.05) is 6.61 Å². The van der Waals surface area contributed by atoms with Crippen LogP contribution in [-0.2, 0) is 9.47 Å².